The van der Waals surface area contributed by atoms with Gasteiger partial charge in [-0.2, -0.15) is 4.99 Å². The predicted molar refractivity (Wildman–Crippen MR) is 99.6 cm³/mol. The van der Waals surface area contributed by atoms with E-state index < -0.39 is 15.3 Å². The van der Waals surface area contributed by atoms with E-state index in [4.69, 9.17) is 11.6 Å². The van der Waals surface area contributed by atoms with Gasteiger partial charge in [0.25, 0.3) is 5.91 Å². The predicted octanol–water partition coefficient (Wildman–Crippen LogP) is 2.99. The topological polar surface area (TPSA) is 66.8 Å². The van der Waals surface area contributed by atoms with Crippen LogP contribution in [0.2, 0.25) is 5.02 Å². The van der Waals surface area contributed by atoms with Gasteiger partial charge in [-0.3, -0.25) is 4.79 Å². The molecule has 2 unspecified atom stereocenters. The average Bonchev–Trinajstić information content (AvgIpc) is 2.88. The molecule has 2 heterocycles. The zero-order chi connectivity index (χ0) is 17.7. The number of benzene rings is 1. The summed E-state index contributed by atoms with van der Waals surface area (Å²) in [4.78, 5) is 18.5. The maximum Gasteiger partial charge on any atom is 0.253 e. The molecule has 0 spiro atoms. The molecular weight excluding hydrogens is 368 g/mol. The highest BCUT2D eigenvalue weighted by Crippen LogP contribution is 2.41. The first kappa shape index (κ1) is 17.8. The second-order valence-corrected chi connectivity index (χ2v) is 10.9. The second kappa shape index (κ2) is 6.04. The van der Waals surface area contributed by atoms with E-state index in [9.17, 15) is 13.2 Å². The van der Waals surface area contributed by atoms with Crippen molar-refractivity contribution in [2.45, 2.75) is 32.1 Å². The molecule has 1 aromatic carbocycles. The molecule has 2 saturated heterocycles. The van der Waals surface area contributed by atoms with E-state index in [0.29, 0.717) is 10.2 Å². The maximum atomic E-state index is 12.3. The van der Waals surface area contributed by atoms with Gasteiger partial charge in [0, 0.05) is 21.4 Å². The minimum Gasteiger partial charge on any atom is -0.316 e. The van der Waals surface area contributed by atoms with Crippen molar-refractivity contribution < 1.29 is 13.2 Å². The molecule has 0 saturated carbocycles. The van der Waals surface area contributed by atoms with Crippen LogP contribution in [-0.2, 0) is 14.6 Å². The third-order valence-electron chi connectivity index (χ3n) is 3.99. The molecule has 130 valence electrons. The Morgan fingerprint density at radius 3 is 2.67 bits per heavy atom. The van der Waals surface area contributed by atoms with Crippen LogP contribution in [0.25, 0.3) is 0 Å². The Balaban J connectivity index is 2.03. The lowest BCUT2D eigenvalue weighted by atomic mass is 9.96. The summed E-state index contributed by atoms with van der Waals surface area (Å²) in [6.45, 7) is 5.44. The fourth-order valence-corrected chi connectivity index (χ4v) is 6.84. The molecule has 0 aliphatic carbocycles. The first-order chi connectivity index (χ1) is 11.1. The van der Waals surface area contributed by atoms with Gasteiger partial charge in [0.05, 0.1) is 17.5 Å². The Bertz CT molecular complexity index is 815. The van der Waals surface area contributed by atoms with Crippen LogP contribution >= 0.6 is 23.4 Å². The Labute approximate surface area is 151 Å². The summed E-state index contributed by atoms with van der Waals surface area (Å²) < 4.78 is 24.0. The molecule has 2 fully saturated rings. The van der Waals surface area contributed by atoms with Gasteiger partial charge in [-0.25, -0.2) is 8.42 Å². The summed E-state index contributed by atoms with van der Waals surface area (Å²) in [6.07, 6.45) is 0. The third kappa shape index (κ3) is 3.48. The van der Waals surface area contributed by atoms with Gasteiger partial charge < -0.3 is 4.90 Å². The number of amidine groups is 1. The minimum atomic E-state index is -3.07. The van der Waals surface area contributed by atoms with Gasteiger partial charge >= 0.3 is 0 Å². The molecule has 0 bridgehead atoms. The Morgan fingerprint density at radius 1 is 1.33 bits per heavy atom. The van der Waals surface area contributed by atoms with Crippen LogP contribution in [0.4, 0.5) is 5.69 Å². The van der Waals surface area contributed by atoms with Crippen LogP contribution in [0.3, 0.4) is 0 Å². The van der Waals surface area contributed by atoms with E-state index in [-0.39, 0.29) is 28.7 Å². The molecule has 1 aromatic rings. The van der Waals surface area contributed by atoms with Crippen molar-refractivity contribution in [2.75, 3.05) is 16.4 Å². The third-order valence-corrected chi connectivity index (χ3v) is 7.44. The number of sulfone groups is 1. The molecule has 5 nitrogen and oxygen atoms in total. The van der Waals surface area contributed by atoms with Crippen LogP contribution in [0.15, 0.2) is 29.3 Å². The average molecular weight is 387 g/mol. The molecule has 0 aromatic heterocycles. The standard InChI is InChI=1S/C16H19ClN2O3S2/c1-16(2,3)14(20)18-15-19(11-6-4-5-10(17)7-11)12-8-24(21,22)9-13(12)23-15/h4-7,12-13H,8-9H2,1-3H3. The van der Waals surface area contributed by atoms with Crippen LogP contribution in [0.1, 0.15) is 20.8 Å². The Morgan fingerprint density at radius 2 is 2.04 bits per heavy atom. The van der Waals surface area contributed by atoms with E-state index in [0.717, 1.165) is 5.69 Å². The Hall–Kier alpha value is -1.05. The number of fused-ring (bicyclic) bond motifs is 1. The normalized spacial score (nSPS) is 27.5. The van der Waals surface area contributed by atoms with Gasteiger partial charge in [-0.15, -0.1) is 0 Å². The van der Waals surface area contributed by atoms with E-state index in [1.807, 2.05) is 37.8 Å². The zero-order valence-electron chi connectivity index (χ0n) is 13.7. The summed E-state index contributed by atoms with van der Waals surface area (Å²) in [5, 5.41) is 1.01. The number of rotatable bonds is 1. The SMILES string of the molecule is CC(C)(C)C(=O)N=C1SC2CS(=O)(=O)CC2N1c1cccc(Cl)c1. The first-order valence-electron chi connectivity index (χ1n) is 7.62. The zero-order valence-corrected chi connectivity index (χ0v) is 16.1. The van der Waals surface area contributed by atoms with E-state index >= 15 is 0 Å². The summed E-state index contributed by atoms with van der Waals surface area (Å²) in [6, 6.07) is 6.98. The van der Waals surface area contributed by atoms with E-state index in [2.05, 4.69) is 4.99 Å². The van der Waals surface area contributed by atoms with Gasteiger partial charge in [0.2, 0.25) is 0 Å². The second-order valence-electron chi connectivity index (χ2n) is 7.10. The van der Waals surface area contributed by atoms with Crippen molar-refractivity contribution >= 4 is 50.0 Å². The lowest BCUT2D eigenvalue weighted by molar-refractivity contribution is -0.124. The molecule has 24 heavy (non-hydrogen) atoms. The largest absolute Gasteiger partial charge is 0.316 e. The molecule has 1 amide bonds. The number of nitrogens with zero attached hydrogens (tertiary/aromatic N) is 2. The van der Waals surface area contributed by atoms with E-state index in [1.54, 1.807) is 12.1 Å². The highest BCUT2D eigenvalue weighted by molar-refractivity contribution is 8.16. The van der Waals surface area contributed by atoms with Crippen LogP contribution in [0, 0.1) is 5.41 Å². The number of carbonyl (C=O) groups excluding carboxylic acids is 1. The minimum absolute atomic E-state index is 0.0694. The van der Waals surface area contributed by atoms with Crippen molar-refractivity contribution in [1.29, 1.82) is 0 Å². The van der Waals surface area contributed by atoms with Crippen LogP contribution < -0.4 is 4.90 Å². The molecule has 2 aliphatic heterocycles. The number of amides is 1. The number of thioether (sulfide) groups is 1. The van der Waals surface area contributed by atoms with Crippen molar-refractivity contribution in [1.82, 2.24) is 0 Å². The van der Waals surface area contributed by atoms with Gasteiger partial charge in [-0.05, 0) is 18.2 Å². The summed E-state index contributed by atoms with van der Waals surface area (Å²) in [7, 11) is -3.07. The summed E-state index contributed by atoms with van der Waals surface area (Å²) in [5.74, 6) is -0.0398. The number of anilines is 1. The summed E-state index contributed by atoms with van der Waals surface area (Å²) in [5.41, 5.74) is 0.178. The maximum absolute atomic E-state index is 12.3. The van der Waals surface area contributed by atoms with Gasteiger partial charge in [0.15, 0.2) is 15.0 Å². The molecule has 2 atom stereocenters. The fraction of sp³-hybridized carbons (Fsp3) is 0.500. The monoisotopic (exact) mass is 386 g/mol. The quantitative estimate of drug-likeness (QED) is 0.742. The van der Waals surface area contributed by atoms with Gasteiger partial charge in [0.1, 0.15) is 0 Å². The molecular formula is C16H19ClN2O3S2. The fourth-order valence-electron chi connectivity index (χ4n) is 2.75. The highest BCUT2D eigenvalue weighted by atomic mass is 35.5. The smallest absolute Gasteiger partial charge is 0.253 e. The number of aliphatic imine (C=N–C) groups is 1. The molecule has 2 aliphatic rings. The van der Waals surface area contributed by atoms with Gasteiger partial charge in [-0.1, -0.05) is 50.2 Å². The molecule has 3 rings (SSSR count). The first-order valence-corrected chi connectivity index (χ1v) is 10.7. The van der Waals surface area contributed by atoms with Crippen LogP contribution in [-0.4, -0.2) is 42.3 Å². The summed E-state index contributed by atoms with van der Waals surface area (Å²) >= 11 is 7.46. The van der Waals surface area contributed by atoms with Crippen molar-refractivity contribution in [2.24, 2.45) is 10.4 Å². The lowest BCUT2D eigenvalue weighted by Gasteiger charge is -2.25. The number of hydrogen-bond acceptors (Lipinski definition) is 4. The van der Waals surface area contributed by atoms with E-state index in [1.165, 1.54) is 11.8 Å². The molecule has 0 N–H and O–H groups in total. The lowest BCUT2D eigenvalue weighted by Crippen LogP contribution is -2.38. The molecule has 0 radical (unpaired) electrons. The highest BCUT2D eigenvalue weighted by Gasteiger charge is 2.49. The molecule has 8 heteroatoms. The van der Waals surface area contributed by atoms with Crippen molar-refractivity contribution in [3.63, 3.8) is 0 Å². The Kier molecular flexibility index (Phi) is 4.47. The number of carbonyl (C=O) groups is 1. The number of halogens is 1. The van der Waals surface area contributed by atoms with Crippen molar-refractivity contribution in [3.8, 4) is 0 Å². The van der Waals surface area contributed by atoms with Crippen LogP contribution in [0.5, 0.6) is 0 Å². The number of hydrogen-bond donors (Lipinski definition) is 0. The van der Waals surface area contributed by atoms with Crippen molar-refractivity contribution in [3.05, 3.63) is 29.3 Å².